The van der Waals surface area contributed by atoms with E-state index in [4.69, 9.17) is 0 Å². The number of hydrogen-bond acceptors (Lipinski definition) is 4. The number of carbonyl (C=O) groups is 1. The molecule has 4 nitrogen and oxygen atoms in total. The number of benzene rings is 2. The fourth-order valence-corrected chi connectivity index (χ4v) is 5.11. The Morgan fingerprint density at radius 1 is 1.06 bits per heavy atom. The van der Waals surface area contributed by atoms with Crippen molar-refractivity contribution in [1.82, 2.24) is 9.88 Å². The second kappa shape index (κ2) is 10.5. The van der Waals surface area contributed by atoms with Gasteiger partial charge in [0.1, 0.15) is 5.69 Å². The van der Waals surface area contributed by atoms with Crippen LogP contribution >= 0.6 is 11.3 Å². The van der Waals surface area contributed by atoms with Crippen LogP contribution in [0.4, 0.5) is 18.9 Å². The van der Waals surface area contributed by atoms with E-state index >= 15 is 0 Å². The van der Waals surface area contributed by atoms with Gasteiger partial charge in [-0.15, -0.1) is 11.3 Å². The highest BCUT2D eigenvalue weighted by atomic mass is 32.1. The van der Waals surface area contributed by atoms with Gasteiger partial charge >= 0.3 is 6.18 Å². The molecule has 1 aliphatic rings. The lowest BCUT2D eigenvalue weighted by molar-refractivity contribution is -0.136. The summed E-state index contributed by atoms with van der Waals surface area (Å²) in [6.45, 7) is 1.99. The Labute approximate surface area is 195 Å². The van der Waals surface area contributed by atoms with E-state index in [2.05, 4.69) is 15.2 Å². The first kappa shape index (κ1) is 23.4. The highest BCUT2D eigenvalue weighted by Gasteiger charge is 2.28. The number of nitrogens with zero attached hydrogens (tertiary/aromatic N) is 2. The number of carbonyl (C=O) groups excluding carboxylic acids is 1. The molecule has 0 aliphatic carbocycles. The monoisotopic (exact) mass is 473 g/mol. The molecular weight excluding hydrogens is 447 g/mol. The average Bonchev–Trinajstić information content (AvgIpc) is 3.30. The van der Waals surface area contributed by atoms with Gasteiger partial charge in [0, 0.05) is 29.0 Å². The minimum atomic E-state index is -4.09. The Hall–Kier alpha value is -2.71. The fourth-order valence-electron chi connectivity index (χ4n) is 4.13. The zero-order valence-corrected chi connectivity index (χ0v) is 19.0. The van der Waals surface area contributed by atoms with Gasteiger partial charge in [-0.25, -0.2) is 4.98 Å². The first-order chi connectivity index (χ1) is 15.9. The number of rotatable bonds is 7. The van der Waals surface area contributed by atoms with E-state index < -0.39 is 12.6 Å². The SMILES string of the molecule is O=C(Nc1ccccc1-c1ccccc1)c1csc(C2CCN(CCCC(F)(F)F)CC2)n1. The van der Waals surface area contributed by atoms with E-state index in [1.165, 1.54) is 11.3 Å². The predicted molar refractivity (Wildman–Crippen MR) is 126 cm³/mol. The van der Waals surface area contributed by atoms with E-state index in [0.29, 0.717) is 12.2 Å². The molecule has 0 radical (unpaired) electrons. The van der Waals surface area contributed by atoms with Gasteiger partial charge in [-0.05, 0) is 50.5 Å². The molecule has 1 fully saturated rings. The molecular formula is C25H26F3N3OS. The van der Waals surface area contributed by atoms with Crippen LogP contribution in [-0.4, -0.2) is 41.6 Å². The number of aromatic nitrogens is 1. The maximum absolute atomic E-state index is 12.9. The molecule has 3 aromatic rings. The number of hydrogen-bond donors (Lipinski definition) is 1. The van der Waals surface area contributed by atoms with Crippen LogP contribution in [0.15, 0.2) is 60.0 Å². The summed E-state index contributed by atoms with van der Waals surface area (Å²) in [4.78, 5) is 19.6. The maximum Gasteiger partial charge on any atom is 0.389 e. The molecule has 4 rings (SSSR count). The molecule has 1 amide bonds. The largest absolute Gasteiger partial charge is 0.389 e. The molecule has 2 aromatic carbocycles. The van der Waals surface area contributed by atoms with Crippen molar-refractivity contribution < 1.29 is 18.0 Å². The molecule has 1 saturated heterocycles. The first-order valence-electron chi connectivity index (χ1n) is 11.1. The molecule has 0 spiro atoms. The van der Waals surface area contributed by atoms with E-state index in [-0.39, 0.29) is 18.2 Å². The zero-order valence-electron chi connectivity index (χ0n) is 18.1. The van der Waals surface area contributed by atoms with Gasteiger partial charge in [0.2, 0.25) is 0 Å². The van der Waals surface area contributed by atoms with Crippen LogP contribution in [0.2, 0.25) is 0 Å². The predicted octanol–water partition coefficient (Wildman–Crippen LogP) is 6.58. The molecule has 174 valence electrons. The molecule has 0 bridgehead atoms. The summed E-state index contributed by atoms with van der Waals surface area (Å²) >= 11 is 1.48. The van der Waals surface area contributed by atoms with Gasteiger partial charge in [0.05, 0.1) is 5.01 Å². The molecule has 1 aromatic heterocycles. The van der Waals surface area contributed by atoms with Crippen molar-refractivity contribution >= 4 is 22.9 Å². The van der Waals surface area contributed by atoms with Gasteiger partial charge in [0.25, 0.3) is 5.91 Å². The summed E-state index contributed by atoms with van der Waals surface area (Å²) in [7, 11) is 0. The van der Waals surface area contributed by atoms with Crippen molar-refractivity contribution in [1.29, 1.82) is 0 Å². The minimum Gasteiger partial charge on any atom is -0.320 e. The highest BCUT2D eigenvalue weighted by molar-refractivity contribution is 7.10. The second-order valence-electron chi connectivity index (χ2n) is 8.27. The Morgan fingerprint density at radius 3 is 2.48 bits per heavy atom. The maximum atomic E-state index is 12.9. The summed E-state index contributed by atoms with van der Waals surface area (Å²) in [6, 6.07) is 17.6. The van der Waals surface area contributed by atoms with Crippen LogP contribution in [-0.2, 0) is 0 Å². The summed E-state index contributed by atoms with van der Waals surface area (Å²) in [5, 5.41) is 5.69. The van der Waals surface area contributed by atoms with Crippen LogP contribution in [0, 0.1) is 0 Å². The van der Waals surface area contributed by atoms with Gasteiger partial charge in [-0.1, -0.05) is 48.5 Å². The molecule has 8 heteroatoms. The highest BCUT2D eigenvalue weighted by Crippen LogP contribution is 2.32. The Kier molecular flexibility index (Phi) is 7.45. The number of thiazole rings is 1. The van der Waals surface area contributed by atoms with E-state index in [9.17, 15) is 18.0 Å². The van der Waals surface area contributed by atoms with Gasteiger partial charge in [-0.2, -0.15) is 13.2 Å². The number of para-hydroxylation sites is 1. The van der Waals surface area contributed by atoms with Crippen LogP contribution in [0.3, 0.4) is 0 Å². The number of piperidine rings is 1. The molecule has 1 aliphatic heterocycles. The number of likely N-dealkylation sites (tertiary alicyclic amines) is 1. The van der Waals surface area contributed by atoms with Crippen molar-refractivity contribution in [2.75, 3.05) is 25.0 Å². The summed E-state index contributed by atoms with van der Waals surface area (Å²) in [6.07, 6.45) is -2.99. The van der Waals surface area contributed by atoms with Gasteiger partial charge in [0.15, 0.2) is 0 Å². The first-order valence-corrected chi connectivity index (χ1v) is 12.0. The summed E-state index contributed by atoms with van der Waals surface area (Å²) < 4.78 is 37.0. The minimum absolute atomic E-state index is 0.139. The van der Waals surface area contributed by atoms with E-state index in [1.54, 1.807) is 5.38 Å². The van der Waals surface area contributed by atoms with Gasteiger partial charge in [-0.3, -0.25) is 4.79 Å². The molecule has 33 heavy (non-hydrogen) atoms. The molecule has 0 unspecified atom stereocenters. The smallest absolute Gasteiger partial charge is 0.320 e. The van der Waals surface area contributed by atoms with Crippen molar-refractivity contribution in [2.45, 2.75) is 37.8 Å². The van der Waals surface area contributed by atoms with Gasteiger partial charge < -0.3 is 10.2 Å². The molecule has 2 heterocycles. The Balaban J connectivity index is 1.34. The van der Waals surface area contributed by atoms with Crippen LogP contribution in [0.5, 0.6) is 0 Å². The van der Waals surface area contributed by atoms with Crippen LogP contribution in [0.25, 0.3) is 11.1 Å². The quantitative estimate of drug-likeness (QED) is 0.421. The third-order valence-electron chi connectivity index (χ3n) is 5.89. The number of alkyl halides is 3. The van der Waals surface area contributed by atoms with Crippen molar-refractivity contribution in [3.05, 3.63) is 70.7 Å². The summed E-state index contributed by atoms with van der Waals surface area (Å²) in [5.74, 6) is -0.00233. The van der Waals surface area contributed by atoms with E-state index in [1.807, 2.05) is 54.6 Å². The van der Waals surface area contributed by atoms with Crippen molar-refractivity contribution in [3.63, 3.8) is 0 Å². The van der Waals surface area contributed by atoms with Crippen LogP contribution in [0.1, 0.15) is 47.1 Å². The lowest BCUT2D eigenvalue weighted by atomic mass is 9.97. The standard InChI is InChI=1S/C25H26F3N3OS/c26-25(27,28)13-6-14-31-15-11-19(12-16-31)24-30-22(17-33-24)23(32)29-21-10-5-4-9-20(21)18-7-2-1-3-8-18/h1-5,7-10,17,19H,6,11-16H2,(H,29,32). The Bertz CT molecular complexity index is 1060. The third-order valence-corrected chi connectivity index (χ3v) is 6.89. The lowest BCUT2D eigenvalue weighted by Gasteiger charge is -2.31. The zero-order chi connectivity index (χ0) is 23.3. The number of halogens is 3. The third kappa shape index (κ3) is 6.42. The van der Waals surface area contributed by atoms with E-state index in [0.717, 1.165) is 47.8 Å². The topological polar surface area (TPSA) is 45.2 Å². The number of amides is 1. The number of nitrogens with one attached hydrogen (secondary N) is 1. The number of anilines is 1. The van der Waals surface area contributed by atoms with Crippen LogP contribution < -0.4 is 5.32 Å². The summed E-state index contributed by atoms with van der Waals surface area (Å²) in [5.41, 5.74) is 3.09. The average molecular weight is 474 g/mol. The van der Waals surface area contributed by atoms with Crippen molar-refractivity contribution in [2.24, 2.45) is 0 Å². The van der Waals surface area contributed by atoms with Crippen molar-refractivity contribution in [3.8, 4) is 11.1 Å². The Morgan fingerprint density at radius 2 is 1.76 bits per heavy atom. The fraction of sp³-hybridized carbons (Fsp3) is 0.360. The molecule has 0 saturated carbocycles. The second-order valence-corrected chi connectivity index (χ2v) is 9.16. The molecule has 1 N–H and O–H groups in total. The lowest BCUT2D eigenvalue weighted by Crippen LogP contribution is -2.34. The normalized spacial score (nSPS) is 15.5. The molecule has 0 atom stereocenters.